The molecule has 0 saturated heterocycles. The highest BCUT2D eigenvalue weighted by Crippen LogP contribution is 2.30. The van der Waals surface area contributed by atoms with Gasteiger partial charge in [-0.2, -0.15) is 18.3 Å². The third-order valence-corrected chi connectivity index (χ3v) is 2.28. The summed E-state index contributed by atoms with van der Waals surface area (Å²) < 4.78 is 39.1. The smallest absolute Gasteiger partial charge is 0.370 e. The predicted molar refractivity (Wildman–Crippen MR) is 66.4 cm³/mol. The molecule has 0 saturated carbocycles. The number of aliphatic imine (C=N–C) groups is 1. The highest BCUT2D eigenvalue weighted by molar-refractivity contribution is 5.77. The maximum atomic E-state index is 12.7. The molecule has 0 atom stereocenters. The van der Waals surface area contributed by atoms with E-state index in [2.05, 4.69) is 15.4 Å². The van der Waals surface area contributed by atoms with Gasteiger partial charge in [0, 0.05) is 25.4 Å². The highest BCUT2D eigenvalue weighted by Gasteiger charge is 2.36. The first-order valence-corrected chi connectivity index (χ1v) is 5.83. The second-order valence-electron chi connectivity index (χ2n) is 4.65. The Kier molecular flexibility index (Phi) is 4.79. The molecule has 1 heterocycles. The van der Waals surface area contributed by atoms with Crippen LogP contribution in [0.2, 0.25) is 0 Å². The van der Waals surface area contributed by atoms with Crippen LogP contribution in [0.25, 0.3) is 0 Å². The first kappa shape index (κ1) is 15.3. The Balaban J connectivity index is 2.75. The zero-order valence-corrected chi connectivity index (χ0v) is 11.1. The zero-order chi connectivity index (χ0) is 14.6. The van der Waals surface area contributed by atoms with Crippen LogP contribution < -0.4 is 11.1 Å². The predicted octanol–water partition coefficient (Wildman–Crippen LogP) is 1.50. The fourth-order valence-corrected chi connectivity index (χ4v) is 1.43. The fraction of sp³-hybridized carbons (Fsp3) is 0.636. The summed E-state index contributed by atoms with van der Waals surface area (Å²) in [5.74, 6) is 0.503. The van der Waals surface area contributed by atoms with Crippen LogP contribution in [0.3, 0.4) is 0 Å². The lowest BCUT2D eigenvalue weighted by atomic mass is 10.2. The van der Waals surface area contributed by atoms with Gasteiger partial charge in [-0.15, -0.1) is 0 Å². The number of rotatable bonds is 4. The summed E-state index contributed by atoms with van der Waals surface area (Å²) >= 11 is 0. The summed E-state index contributed by atoms with van der Waals surface area (Å²) in [5.41, 5.74) is 4.65. The average molecular weight is 277 g/mol. The minimum Gasteiger partial charge on any atom is -0.370 e. The number of nitrogens with one attached hydrogen (secondary N) is 1. The summed E-state index contributed by atoms with van der Waals surface area (Å²) in [6.45, 7) is 4.44. The van der Waals surface area contributed by atoms with E-state index in [-0.39, 0.29) is 18.1 Å². The van der Waals surface area contributed by atoms with E-state index < -0.39 is 11.9 Å². The summed E-state index contributed by atoms with van der Waals surface area (Å²) in [4.78, 5) is 3.88. The molecule has 1 aromatic heterocycles. The fourth-order valence-electron chi connectivity index (χ4n) is 1.43. The number of halogens is 3. The van der Waals surface area contributed by atoms with E-state index in [1.54, 1.807) is 0 Å². The molecule has 0 unspecified atom stereocenters. The topological polar surface area (TPSA) is 68.2 Å². The summed E-state index contributed by atoms with van der Waals surface area (Å²) in [6.07, 6.45) is -3.19. The molecule has 3 N–H and O–H groups in total. The molecule has 8 heteroatoms. The number of aromatic nitrogens is 2. The third-order valence-electron chi connectivity index (χ3n) is 2.28. The lowest BCUT2D eigenvalue weighted by Crippen LogP contribution is -2.34. The van der Waals surface area contributed by atoms with Gasteiger partial charge in [0.05, 0.1) is 6.54 Å². The number of hydrogen-bond donors (Lipinski definition) is 2. The molecule has 19 heavy (non-hydrogen) atoms. The van der Waals surface area contributed by atoms with E-state index >= 15 is 0 Å². The largest absolute Gasteiger partial charge is 0.435 e. The lowest BCUT2D eigenvalue weighted by molar-refractivity contribution is -0.142. The molecule has 0 aromatic carbocycles. The molecule has 0 aliphatic carbocycles. The summed E-state index contributed by atoms with van der Waals surface area (Å²) in [7, 11) is 1.43. The Labute approximate surface area is 109 Å². The maximum Gasteiger partial charge on any atom is 0.435 e. The van der Waals surface area contributed by atoms with Gasteiger partial charge < -0.3 is 11.1 Å². The summed E-state index contributed by atoms with van der Waals surface area (Å²) in [6, 6.07) is 0. The number of nitrogens with zero attached hydrogens (tertiary/aromatic N) is 3. The van der Waals surface area contributed by atoms with Gasteiger partial charge in [-0.1, -0.05) is 13.8 Å². The van der Waals surface area contributed by atoms with Gasteiger partial charge in [0.25, 0.3) is 0 Å². The molecule has 0 spiro atoms. The highest BCUT2D eigenvalue weighted by atomic mass is 19.4. The molecule has 0 bridgehead atoms. The number of guanidine groups is 1. The standard InChI is InChI=1S/C11H18F3N5/c1-7(2)4-16-10(15)17-5-8-6-19(3)18-9(8)11(12,13)14/h6-7H,4-5H2,1-3H3,(H3,15,16,17). The van der Waals surface area contributed by atoms with Crippen LogP contribution in [0.5, 0.6) is 0 Å². The molecule has 1 aromatic rings. The number of alkyl halides is 3. The van der Waals surface area contributed by atoms with Crippen LogP contribution in [0.4, 0.5) is 13.2 Å². The van der Waals surface area contributed by atoms with Crippen molar-refractivity contribution in [1.82, 2.24) is 15.1 Å². The van der Waals surface area contributed by atoms with E-state index in [0.717, 1.165) is 4.68 Å². The third kappa shape index (κ3) is 4.80. The van der Waals surface area contributed by atoms with Crippen molar-refractivity contribution in [2.75, 3.05) is 6.54 Å². The van der Waals surface area contributed by atoms with Gasteiger partial charge in [-0.25, -0.2) is 4.99 Å². The van der Waals surface area contributed by atoms with Crippen molar-refractivity contribution >= 4 is 5.96 Å². The van der Waals surface area contributed by atoms with Crippen molar-refractivity contribution in [2.24, 2.45) is 23.7 Å². The maximum absolute atomic E-state index is 12.7. The normalized spacial score (nSPS) is 13.1. The van der Waals surface area contributed by atoms with Gasteiger partial charge in [0.2, 0.25) is 0 Å². The molecule has 1 rings (SSSR count). The zero-order valence-electron chi connectivity index (χ0n) is 11.1. The van der Waals surface area contributed by atoms with Crippen molar-refractivity contribution in [1.29, 1.82) is 0 Å². The van der Waals surface area contributed by atoms with Crippen LogP contribution in [0.1, 0.15) is 25.1 Å². The van der Waals surface area contributed by atoms with E-state index in [9.17, 15) is 13.2 Å². The van der Waals surface area contributed by atoms with Crippen LogP contribution in [0.15, 0.2) is 11.2 Å². The van der Waals surface area contributed by atoms with Crippen LogP contribution in [-0.4, -0.2) is 22.3 Å². The molecular weight excluding hydrogens is 259 g/mol. The van der Waals surface area contributed by atoms with Crippen molar-refractivity contribution in [3.63, 3.8) is 0 Å². The molecule has 0 aliphatic rings. The SMILES string of the molecule is CC(C)CNC(N)=NCc1cn(C)nc1C(F)(F)F. The minimum absolute atomic E-state index is 0.00398. The molecule has 0 amide bonds. The minimum atomic E-state index is -4.48. The van der Waals surface area contributed by atoms with Crippen LogP contribution >= 0.6 is 0 Å². The van der Waals surface area contributed by atoms with Crippen LogP contribution in [0, 0.1) is 5.92 Å². The van der Waals surface area contributed by atoms with Crippen LogP contribution in [-0.2, 0) is 19.8 Å². The Morgan fingerprint density at radius 1 is 1.53 bits per heavy atom. The second kappa shape index (κ2) is 5.94. The molecule has 0 radical (unpaired) electrons. The molecule has 0 aliphatic heterocycles. The Hall–Kier alpha value is -1.73. The first-order valence-electron chi connectivity index (χ1n) is 5.83. The van der Waals surface area contributed by atoms with Crippen molar-refractivity contribution < 1.29 is 13.2 Å². The van der Waals surface area contributed by atoms with Crippen molar-refractivity contribution in [3.8, 4) is 0 Å². The quantitative estimate of drug-likeness (QED) is 0.647. The van der Waals surface area contributed by atoms with Crippen molar-refractivity contribution in [2.45, 2.75) is 26.6 Å². The van der Waals surface area contributed by atoms with Gasteiger partial charge >= 0.3 is 6.18 Å². The molecule has 0 fully saturated rings. The molecule has 108 valence electrons. The first-order chi connectivity index (χ1) is 8.70. The monoisotopic (exact) mass is 277 g/mol. The number of hydrogen-bond acceptors (Lipinski definition) is 2. The number of nitrogens with two attached hydrogens (primary N) is 1. The average Bonchev–Trinajstić information content (AvgIpc) is 2.65. The van der Waals surface area contributed by atoms with E-state index in [1.165, 1.54) is 13.2 Å². The Morgan fingerprint density at radius 2 is 2.16 bits per heavy atom. The van der Waals surface area contributed by atoms with E-state index in [1.807, 2.05) is 13.8 Å². The Morgan fingerprint density at radius 3 is 2.68 bits per heavy atom. The van der Waals surface area contributed by atoms with Crippen molar-refractivity contribution in [3.05, 3.63) is 17.5 Å². The van der Waals surface area contributed by atoms with E-state index in [4.69, 9.17) is 5.73 Å². The molecule has 5 nitrogen and oxygen atoms in total. The molecular formula is C11H18F3N5. The van der Waals surface area contributed by atoms with E-state index in [0.29, 0.717) is 12.5 Å². The second-order valence-corrected chi connectivity index (χ2v) is 4.65. The van der Waals surface area contributed by atoms with Gasteiger partial charge in [0.1, 0.15) is 0 Å². The number of aryl methyl sites for hydroxylation is 1. The Bertz CT molecular complexity index is 448. The van der Waals surface area contributed by atoms with Gasteiger partial charge in [0.15, 0.2) is 11.7 Å². The van der Waals surface area contributed by atoms with Gasteiger partial charge in [-0.05, 0) is 5.92 Å². The van der Waals surface area contributed by atoms with Gasteiger partial charge in [-0.3, -0.25) is 4.68 Å². The lowest BCUT2D eigenvalue weighted by Gasteiger charge is -2.08. The summed E-state index contributed by atoms with van der Waals surface area (Å²) in [5, 5.41) is 6.23.